The SMILES string of the molecule is CC(C)Oc1ccc(CNC(=O)N2CCN(C)CC2c2ccccc2)cc1. The predicted octanol–water partition coefficient (Wildman–Crippen LogP) is 3.67. The summed E-state index contributed by atoms with van der Waals surface area (Å²) >= 11 is 0. The highest BCUT2D eigenvalue weighted by molar-refractivity contribution is 5.75. The maximum Gasteiger partial charge on any atom is 0.318 e. The molecule has 1 aliphatic heterocycles. The van der Waals surface area contributed by atoms with Crippen LogP contribution in [0.25, 0.3) is 0 Å². The topological polar surface area (TPSA) is 44.8 Å². The van der Waals surface area contributed by atoms with E-state index in [1.807, 2.05) is 61.2 Å². The molecule has 0 bridgehead atoms. The van der Waals surface area contributed by atoms with Gasteiger partial charge in [-0.05, 0) is 44.2 Å². The van der Waals surface area contributed by atoms with Gasteiger partial charge in [-0.1, -0.05) is 42.5 Å². The number of nitrogens with one attached hydrogen (secondary N) is 1. The third kappa shape index (κ3) is 5.23. The average molecular weight is 367 g/mol. The smallest absolute Gasteiger partial charge is 0.318 e. The molecule has 5 nitrogen and oxygen atoms in total. The maximum absolute atomic E-state index is 12.8. The summed E-state index contributed by atoms with van der Waals surface area (Å²) in [6, 6.07) is 18.2. The Balaban J connectivity index is 1.62. The molecule has 0 saturated carbocycles. The van der Waals surface area contributed by atoms with Crippen LogP contribution in [0, 0.1) is 0 Å². The van der Waals surface area contributed by atoms with Crippen molar-refractivity contribution in [3.05, 3.63) is 65.7 Å². The molecule has 0 aromatic heterocycles. The maximum atomic E-state index is 12.8. The summed E-state index contributed by atoms with van der Waals surface area (Å²) in [5, 5.41) is 3.07. The second-order valence-electron chi connectivity index (χ2n) is 7.35. The molecule has 2 aromatic carbocycles. The number of piperazine rings is 1. The lowest BCUT2D eigenvalue weighted by atomic mass is 10.0. The number of hydrogen-bond acceptors (Lipinski definition) is 3. The van der Waals surface area contributed by atoms with Crippen molar-refractivity contribution in [1.29, 1.82) is 0 Å². The van der Waals surface area contributed by atoms with Crippen LogP contribution >= 0.6 is 0 Å². The van der Waals surface area contributed by atoms with Gasteiger partial charge in [0.15, 0.2) is 0 Å². The van der Waals surface area contributed by atoms with Crippen LogP contribution in [-0.2, 0) is 6.54 Å². The molecule has 1 aliphatic rings. The van der Waals surface area contributed by atoms with E-state index in [4.69, 9.17) is 4.74 Å². The number of rotatable bonds is 5. The average Bonchev–Trinajstić information content (AvgIpc) is 2.67. The van der Waals surface area contributed by atoms with Gasteiger partial charge in [-0.25, -0.2) is 4.79 Å². The fourth-order valence-electron chi connectivity index (χ4n) is 3.36. The minimum absolute atomic E-state index is 0.0144. The quantitative estimate of drug-likeness (QED) is 0.877. The number of benzene rings is 2. The summed E-state index contributed by atoms with van der Waals surface area (Å²) in [5.74, 6) is 0.850. The molecule has 1 atom stereocenters. The van der Waals surface area contributed by atoms with Crippen molar-refractivity contribution in [2.45, 2.75) is 32.5 Å². The monoisotopic (exact) mass is 367 g/mol. The summed E-state index contributed by atoms with van der Waals surface area (Å²) in [6.07, 6.45) is 0.155. The standard InChI is InChI=1S/C22H29N3O2/c1-17(2)27-20-11-9-18(10-12-20)15-23-22(26)25-14-13-24(3)16-21(25)19-7-5-4-6-8-19/h4-12,17,21H,13-16H2,1-3H3,(H,23,26). The molecular weight excluding hydrogens is 338 g/mol. The van der Waals surface area contributed by atoms with Crippen molar-refractivity contribution in [2.75, 3.05) is 26.7 Å². The Hall–Kier alpha value is -2.53. The molecule has 1 N–H and O–H groups in total. The van der Waals surface area contributed by atoms with Gasteiger partial charge in [0.2, 0.25) is 0 Å². The van der Waals surface area contributed by atoms with Crippen LogP contribution in [0.1, 0.15) is 31.0 Å². The summed E-state index contributed by atoms with van der Waals surface area (Å²) in [4.78, 5) is 17.1. The number of likely N-dealkylation sites (N-methyl/N-ethyl adjacent to an activating group) is 1. The second-order valence-corrected chi connectivity index (χ2v) is 7.35. The van der Waals surface area contributed by atoms with E-state index in [0.717, 1.165) is 30.9 Å². The fourth-order valence-corrected chi connectivity index (χ4v) is 3.36. The molecule has 2 amide bonds. The number of ether oxygens (including phenoxy) is 1. The Kier molecular flexibility index (Phi) is 6.35. The van der Waals surface area contributed by atoms with Gasteiger partial charge >= 0.3 is 6.03 Å². The molecule has 144 valence electrons. The van der Waals surface area contributed by atoms with Crippen LogP contribution in [-0.4, -0.2) is 48.6 Å². The van der Waals surface area contributed by atoms with Crippen LogP contribution < -0.4 is 10.1 Å². The zero-order valence-corrected chi connectivity index (χ0v) is 16.4. The molecule has 1 fully saturated rings. The number of urea groups is 1. The van der Waals surface area contributed by atoms with Crippen molar-refractivity contribution in [3.63, 3.8) is 0 Å². The first kappa shape index (κ1) is 19.2. The molecule has 27 heavy (non-hydrogen) atoms. The van der Waals surface area contributed by atoms with Crippen molar-refractivity contribution >= 4 is 6.03 Å². The Morgan fingerprint density at radius 1 is 1.11 bits per heavy atom. The molecule has 3 rings (SSSR count). The van der Waals surface area contributed by atoms with Gasteiger partial charge in [0.1, 0.15) is 5.75 Å². The van der Waals surface area contributed by atoms with E-state index < -0.39 is 0 Å². The molecule has 1 heterocycles. The number of carbonyl (C=O) groups is 1. The first-order valence-electron chi connectivity index (χ1n) is 9.56. The van der Waals surface area contributed by atoms with Crippen LogP contribution in [0.4, 0.5) is 4.79 Å². The lowest BCUT2D eigenvalue weighted by molar-refractivity contribution is 0.108. The molecule has 1 unspecified atom stereocenters. The highest BCUT2D eigenvalue weighted by atomic mass is 16.5. The first-order chi connectivity index (χ1) is 13.0. The van der Waals surface area contributed by atoms with Gasteiger partial charge in [0.25, 0.3) is 0 Å². The molecule has 0 aliphatic carbocycles. The van der Waals surface area contributed by atoms with E-state index in [-0.39, 0.29) is 18.2 Å². The Morgan fingerprint density at radius 3 is 2.48 bits per heavy atom. The van der Waals surface area contributed by atoms with Gasteiger partial charge in [-0.3, -0.25) is 0 Å². The normalized spacial score (nSPS) is 17.8. The van der Waals surface area contributed by atoms with Crippen molar-refractivity contribution < 1.29 is 9.53 Å². The Morgan fingerprint density at radius 2 is 1.81 bits per heavy atom. The highest BCUT2D eigenvalue weighted by Crippen LogP contribution is 2.25. The molecule has 0 spiro atoms. The van der Waals surface area contributed by atoms with Crippen LogP contribution in [0.2, 0.25) is 0 Å². The largest absolute Gasteiger partial charge is 0.491 e. The second kappa shape index (κ2) is 8.91. The molecule has 0 radical (unpaired) electrons. The van der Waals surface area contributed by atoms with E-state index in [2.05, 4.69) is 29.4 Å². The Labute approximate surface area is 161 Å². The number of hydrogen-bond donors (Lipinski definition) is 1. The zero-order chi connectivity index (χ0) is 19.2. The van der Waals surface area contributed by atoms with Gasteiger partial charge < -0.3 is 19.9 Å². The molecule has 2 aromatic rings. The third-order valence-corrected chi connectivity index (χ3v) is 4.77. The van der Waals surface area contributed by atoms with Gasteiger partial charge in [0, 0.05) is 26.2 Å². The lowest BCUT2D eigenvalue weighted by Crippen LogP contribution is -2.52. The highest BCUT2D eigenvalue weighted by Gasteiger charge is 2.29. The van der Waals surface area contributed by atoms with Crippen molar-refractivity contribution in [1.82, 2.24) is 15.1 Å². The van der Waals surface area contributed by atoms with Crippen molar-refractivity contribution in [2.24, 2.45) is 0 Å². The summed E-state index contributed by atoms with van der Waals surface area (Å²) in [5.41, 5.74) is 2.24. The van der Waals surface area contributed by atoms with E-state index in [0.29, 0.717) is 6.54 Å². The van der Waals surface area contributed by atoms with Crippen LogP contribution in [0.5, 0.6) is 5.75 Å². The molecule has 1 saturated heterocycles. The summed E-state index contributed by atoms with van der Waals surface area (Å²) in [6.45, 7) is 6.98. The van der Waals surface area contributed by atoms with Gasteiger partial charge in [0.05, 0.1) is 12.1 Å². The third-order valence-electron chi connectivity index (χ3n) is 4.77. The van der Waals surface area contributed by atoms with E-state index in [1.165, 1.54) is 5.56 Å². The van der Waals surface area contributed by atoms with Crippen molar-refractivity contribution in [3.8, 4) is 5.75 Å². The van der Waals surface area contributed by atoms with E-state index in [9.17, 15) is 4.79 Å². The minimum Gasteiger partial charge on any atom is -0.491 e. The summed E-state index contributed by atoms with van der Waals surface area (Å²) < 4.78 is 5.66. The summed E-state index contributed by atoms with van der Waals surface area (Å²) in [7, 11) is 2.10. The van der Waals surface area contributed by atoms with Gasteiger partial charge in [-0.2, -0.15) is 0 Å². The van der Waals surface area contributed by atoms with Crippen LogP contribution in [0.15, 0.2) is 54.6 Å². The van der Waals surface area contributed by atoms with E-state index in [1.54, 1.807) is 0 Å². The number of nitrogens with zero attached hydrogens (tertiary/aromatic N) is 2. The number of carbonyl (C=O) groups excluding carboxylic acids is 1. The predicted molar refractivity (Wildman–Crippen MR) is 108 cm³/mol. The van der Waals surface area contributed by atoms with Crippen LogP contribution in [0.3, 0.4) is 0 Å². The number of amides is 2. The van der Waals surface area contributed by atoms with Gasteiger partial charge in [-0.15, -0.1) is 0 Å². The molecule has 5 heteroatoms. The van der Waals surface area contributed by atoms with E-state index >= 15 is 0 Å². The Bertz CT molecular complexity index is 731. The molecular formula is C22H29N3O2. The minimum atomic E-state index is -0.0144. The lowest BCUT2D eigenvalue weighted by Gasteiger charge is -2.40. The zero-order valence-electron chi connectivity index (χ0n) is 16.4. The fraction of sp³-hybridized carbons (Fsp3) is 0.409. The first-order valence-corrected chi connectivity index (χ1v) is 9.56.